The first-order valence-electron chi connectivity index (χ1n) is 7.35. The number of nitrogens with zero attached hydrogens (tertiary/aromatic N) is 2. The van der Waals surface area contributed by atoms with E-state index in [1.807, 2.05) is 38.1 Å². The van der Waals surface area contributed by atoms with E-state index in [2.05, 4.69) is 15.5 Å². The highest BCUT2D eigenvalue weighted by Gasteiger charge is 2.08. The Hall–Kier alpha value is -2.07. The van der Waals surface area contributed by atoms with Crippen LogP contribution in [0.4, 0.5) is 5.69 Å². The molecule has 0 unspecified atom stereocenters. The van der Waals surface area contributed by atoms with E-state index in [0.29, 0.717) is 5.02 Å². The van der Waals surface area contributed by atoms with E-state index in [1.165, 1.54) is 5.56 Å². The van der Waals surface area contributed by atoms with Crippen molar-refractivity contribution in [3.63, 3.8) is 0 Å². The summed E-state index contributed by atoms with van der Waals surface area (Å²) in [6.07, 6.45) is 3.78. The molecule has 0 saturated heterocycles. The van der Waals surface area contributed by atoms with Gasteiger partial charge in [0.25, 0.3) is 0 Å². The fourth-order valence-electron chi connectivity index (χ4n) is 2.62. The highest BCUT2D eigenvalue weighted by Crippen LogP contribution is 2.24. The molecule has 0 aliphatic rings. The first-order chi connectivity index (χ1) is 10.6. The maximum absolute atomic E-state index is 6.01. The summed E-state index contributed by atoms with van der Waals surface area (Å²) >= 11 is 6.01. The number of aromatic nitrogens is 2. The Morgan fingerprint density at radius 1 is 1.23 bits per heavy atom. The summed E-state index contributed by atoms with van der Waals surface area (Å²) in [5.74, 6) is 0.918. The van der Waals surface area contributed by atoms with Crippen LogP contribution in [0, 0.1) is 13.8 Å². The van der Waals surface area contributed by atoms with Gasteiger partial charge in [-0.15, -0.1) is 0 Å². The molecule has 0 saturated carbocycles. The molecular formula is C17H18ClN3O. The van der Waals surface area contributed by atoms with Crippen LogP contribution >= 0.6 is 11.6 Å². The quantitative estimate of drug-likeness (QED) is 0.702. The lowest BCUT2D eigenvalue weighted by Crippen LogP contribution is -2.04. The van der Waals surface area contributed by atoms with Crippen LogP contribution in [0.2, 0.25) is 5.02 Å². The Labute approximate surface area is 134 Å². The fraction of sp³-hybridized carbons (Fsp3) is 0.294. The third-order valence-electron chi connectivity index (χ3n) is 3.80. The van der Waals surface area contributed by atoms with Gasteiger partial charge in [0.05, 0.1) is 11.2 Å². The minimum atomic E-state index is 0.704. The highest BCUT2D eigenvalue weighted by atomic mass is 35.5. The van der Waals surface area contributed by atoms with Crippen LogP contribution in [-0.4, -0.2) is 16.7 Å². The fourth-order valence-corrected chi connectivity index (χ4v) is 2.79. The average Bonchev–Trinajstić information content (AvgIpc) is 2.82. The second kappa shape index (κ2) is 6.36. The first-order valence-corrected chi connectivity index (χ1v) is 7.73. The van der Waals surface area contributed by atoms with Gasteiger partial charge in [-0.05, 0) is 51.0 Å². The number of nitrogens with one attached hydrogen (secondary N) is 1. The number of fused-ring (bicyclic) bond motifs is 1. The molecule has 0 fully saturated rings. The van der Waals surface area contributed by atoms with Gasteiger partial charge in [0.1, 0.15) is 5.76 Å². The van der Waals surface area contributed by atoms with Gasteiger partial charge in [-0.2, -0.15) is 0 Å². The molecule has 1 N–H and O–H groups in total. The molecule has 2 heterocycles. The number of rotatable bonds is 5. The third-order valence-corrected chi connectivity index (χ3v) is 4.04. The molecule has 3 rings (SSSR count). The van der Waals surface area contributed by atoms with Gasteiger partial charge in [0, 0.05) is 34.4 Å². The number of aryl methyl sites for hydroxylation is 2. The van der Waals surface area contributed by atoms with Crippen LogP contribution in [0.5, 0.6) is 0 Å². The minimum absolute atomic E-state index is 0.704. The van der Waals surface area contributed by atoms with Gasteiger partial charge in [0.15, 0.2) is 0 Å². The molecule has 0 amide bonds. The van der Waals surface area contributed by atoms with Crippen molar-refractivity contribution in [1.82, 2.24) is 10.1 Å². The molecule has 0 spiro atoms. The molecule has 2 aromatic heterocycles. The van der Waals surface area contributed by atoms with Gasteiger partial charge in [-0.25, -0.2) is 0 Å². The van der Waals surface area contributed by atoms with E-state index in [9.17, 15) is 0 Å². The maximum Gasteiger partial charge on any atom is 0.137 e. The van der Waals surface area contributed by atoms with Crippen LogP contribution in [0.3, 0.4) is 0 Å². The van der Waals surface area contributed by atoms with Crippen molar-refractivity contribution in [2.24, 2.45) is 0 Å². The summed E-state index contributed by atoms with van der Waals surface area (Å²) in [6, 6.07) is 7.76. The molecule has 5 heteroatoms. The summed E-state index contributed by atoms with van der Waals surface area (Å²) in [5, 5.41) is 9.25. The van der Waals surface area contributed by atoms with Gasteiger partial charge < -0.3 is 9.84 Å². The number of halogens is 1. The zero-order valence-corrected chi connectivity index (χ0v) is 13.4. The van der Waals surface area contributed by atoms with E-state index < -0.39 is 0 Å². The van der Waals surface area contributed by atoms with Gasteiger partial charge >= 0.3 is 0 Å². The van der Waals surface area contributed by atoms with E-state index in [1.54, 1.807) is 6.20 Å². The Balaban J connectivity index is 1.65. The normalized spacial score (nSPS) is 11.0. The molecule has 0 aliphatic carbocycles. The lowest BCUT2D eigenvalue weighted by atomic mass is 10.1. The van der Waals surface area contributed by atoms with Gasteiger partial charge in [0.2, 0.25) is 0 Å². The van der Waals surface area contributed by atoms with Crippen molar-refractivity contribution in [3.05, 3.63) is 52.5 Å². The average molecular weight is 316 g/mol. The molecule has 4 nitrogen and oxygen atoms in total. The van der Waals surface area contributed by atoms with Crippen LogP contribution in [0.15, 0.2) is 35.0 Å². The smallest absolute Gasteiger partial charge is 0.137 e. The van der Waals surface area contributed by atoms with Crippen LogP contribution in [0.1, 0.15) is 23.4 Å². The zero-order chi connectivity index (χ0) is 15.5. The molecule has 0 bridgehead atoms. The molecule has 114 valence electrons. The summed E-state index contributed by atoms with van der Waals surface area (Å²) < 4.78 is 5.19. The monoisotopic (exact) mass is 315 g/mol. The topological polar surface area (TPSA) is 51.0 Å². The van der Waals surface area contributed by atoms with Crippen molar-refractivity contribution in [1.29, 1.82) is 0 Å². The molecule has 0 aliphatic heterocycles. The molecule has 3 aromatic rings. The number of anilines is 1. The largest absolute Gasteiger partial charge is 0.384 e. The zero-order valence-electron chi connectivity index (χ0n) is 12.7. The van der Waals surface area contributed by atoms with E-state index in [-0.39, 0.29) is 0 Å². The Bertz CT molecular complexity index is 778. The summed E-state index contributed by atoms with van der Waals surface area (Å²) in [6.45, 7) is 4.83. The van der Waals surface area contributed by atoms with E-state index in [0.717, 1.165) is 47.4 Å². The maximum atomic E-state index is 6.01. The third kappa shape index (κ3) is 3.07. The summed E-state index contributed by atoms with van der Waals surface area (Å²) in [7, 11) is 0. The molecule has 0 atom stereocenters. The van der Waals surface area contributed by atoms with Crippen molar-refractivity contribution >= 4 is 28.2 Å². The van der Waals surface area contributed by atoms with E-state index in [4.69, 9.17) is 16.1 Å². The standard InChI is InChI=1S/C17H18ClN3O/c1-11-14(12(2)22-21-11)4-3-8-19-16-7-9-20-17-10-13(18)5-6-15(16)17/h5-7,9-10H,3-4,8H2,1-2H3,(H,19,20). The number of benzene rings is 1. The lowest BCUT2D eigenvalue weighted by Gasteiger charge is -2.09. The second-order valence-electron chi connectivity index (χ2n) is 5.35. The van der Waals surface area contributed by atoms with Gasteiger partial charge in [-0.1, -0.05) is 16.8 Å². The van der Waals surface area contributed by atoms with Gasteiger partial charge in [-0.3, -0.25) is 4.98 Å². The SMILES string of the molecule is Cc1noc(C)c1CCCNc1ccnc2cc(Cl)ccc12. The lowest BCUT2D eigenvalue weighted by molar-refractivity contribution is 0.392. The minimum Gasteiger partial charge on any atom is -0.384 e. The van der Waals surface area contributed by atoms with Crippen LogP contribution in [-0.2, 0) is 6.42 Å². The predicted molar refractivity (Wildman–Crippen MR) is 89.5 cm³/mol. The van der Waals surface area contributed by atoms with Crippen LogP contribution in [0.25, 0.3) is 10.9 Å². The van der Waals surface area contributed by atoms with Crippen molar-refractivity contribution < 1.29 is 4.52 Å². The Morgan fingerprint density at radius 2 is 2.09 bits per heavy atom. The van der Waals surface area contributed by atoms with Crippen LogP contribution < -0.4 is 5.32 Å². The second-order valence-corrected chi connectivity index (χ2v) is 5.79. The highest BCUT2D eigenvalue weighted by molar-refractivity contribution is 6.31. The number of pyridine rings is 1. The Morgan fingerprint density at radius 3 is 2.86 bits per heavy atom. The first kappa shape index (κ1) is 14.9. The molecule has 1 aromatic carbocycles. The van der Waals surface area contributed by atoms with Crippen molar-refractivity contribution in [3.8, 4) is 0 Å². The van der Waals surface area contributed by atoms with E-state index >= 15 is 0 Å². The summed E-state index contributed by atoms with van der Waals surface area (Å²) in [4.78, 5) is 4.35. The number of hydrogen-bond donors (Lipinski definition) is 1. The summed E-state index contributed by atoms with van der Waals surface area (Å²) in [5.41, 5.74) is 4.19. The molecule has 22 heavy (non-hydrogen) atoms. The Kier molecular flexibility index (Phi) is 4.29. The molecular weight excluding hydrogens is 298 g/mol. The number of hydrogen-bond acceptors (Lipinski definition) is 4. The molecule has 0 radical (unpaired) electrons. The predicted octanol–water partition coefficient (Wildman–Crippen LogP) is 4.54. The van der Waals surface area contributed by atoms with Crippen molar-refractivity contribution in [2.75, 3.05) is 11.9 Å². The van der Waals surface area contributed by atoms with Crippen molar-refractivity contribution in [2.45, 2.75) is 26.7 Å².